The van der Waals surface area contributed by atoms with Crippen LogP contribution in [-0.2, 0) is 6.54 Å². The minimum absolute atomic E-state index is 0.342. The van der Waals surface area contributed by atoms with Gasteiger partial charge in [-0.1, -0.05) is 18.2 Å². The number of aromatic hydroxyl groups is 1. The predicted octanol–water partition coefficient (Wildman–Crippen LogP) is 3.55. The number of hydrogen-bond donors (Lipinski definition) is 3. The van der Waals surface area contributed by atoms with Crippen molar-refractivity contribution in [3.8, 4) is 5.75 Å². The van der Waals surface area contributed by atoms with E-state index >= 15 is 0 Å². The summed E-state index contributed by atoms with van der Waals surface area (Å²) >= 11 is 0. The summed E-state index contributed by atoms with van der Waals surface area (Å²) in [5.74, 6) is 0.724. The van der Waals surface area contributed by atoms with Gasteiger partial charge < -0.3 is 16.2 Å². The number of hydrogen-bond acceptors (Lipinski definition) is 2. The summed E-state index contributed by atoms with van der Waals surface area (Å²) in [6.07, 6.45) is 0. The maximum atomic E-state index is 9.78. The standard InChI is InChI=1S/C18H23N3O/c1-11-5-12(2)7-16(6-11)21-18(19)20-10-15-8-13(3)17(22)14(4)9-15/h5-9,22H,10H2,1-4H3,(H3,19,20,21). The van der Waals surface area contributed by atoms with Gasteiger partial charge in [0.05, 0.1) is 6.54 Å². The van der Waals surface area contributed by atoms with Gasteiger partial charge in [-0.15, -0.1) is 0 Å². The van der Waals surface area contributed by atoms with Crippen LogP contribution in [0.5, 0.6) is 5.75 Å². The van der Waals surface area contributed by atoms with Crippen molar-refractivity contribution >= 4 is 11.6 Å². The molecule has 0 amide bonds. The number of nitrogens with two attached hydrogens (primary N) is 1. The fourth-order valence-electron chi connectivity index (χ4n) is 2.55. The van der Waals surface area contributed by atoms with Crippen molar-refractivity contribution in [1.29, 1.82) is 0 Å². The van der Waals surface area contributed by atoms with E-state index < -0.39 is 0 Å². The van der Waals surface area contributed by atoms with E-state index in [4.69, 9.17) is 5.73 Å². The highest BCUT2D eigenvalue weighted by Crippen LogP contribution is 2.23. The number of phenols is 1. The number of aryl methyl sites for hydroxylation is 4. The monoisotopic (exact) mass is 297 g/mol. The highest BCUT2D eigenvalue weighted by Gasteiger charge is 2.03. The summed E-state index contributed by atoms with van der Waals surface area (Å²) < 4.78 is 0. The van der Waals surface area contributed by atoms with Crippen LogP contribution < -0.4 is 11.1 Å². The van der Waals surface area contributed by atoms with Gasteiger partial charge in [0.25, 0.3) is 0 Å². The maximum absolute atomic E-state index is 9.78. The Morgan fingerprint density at radius 2 is 1.55 bits per heavy atom. The lowest BCUT2D eigenvalue weighted by Crippen LogP contribution is -2.22. The Kier molecular flexibility index (Phi) is 4.71. The van der Waals surface area contributed by atoms with Crippen LogP contribution in [0, 0.1) is 27.7 Å². The molecule has 0 unspecified atom stereocenters. The summed E-state index contributed by atoms with van der Waals surface area (Å²) in [6, 6.07) is 10.0. The van der Waals surface area contributed by atoms with E-state index in [0.29, 0.717) is 18.3 Å². The van der Waals surface area contributed by atoms with Gasteiger partial charge in [-0.25, -0.2) is 4.99 Å². The average molecular weight is 297 g/mol. The lowest BCUT2D eigenvalue weighted by molar-refractivity contribution is 0.466. The minimum atomic E-state index is 0.342. The number of anilines is 1. The zero-order valence-corrected chi connectivity index (χ0v) is 13.6. The second-order valence-electron chi connectivity index (χ2n) is 5.78. The zero-order chi connectivity index (χ0) is 16.3. The van der Waals surface area contributed by atoms with E-state index in [2.05, 4.69) is 16.4 Å². The maximum Gasteiger partial charge on any atom is 0.193 e. The fraction of sp³-hybridized carbons (Fsp3) is 0.278. The molecule has 0 fully saturated rings. The summed E-state index contributed by atoms with van der Waals surface area (Å²) in [5, 5.41) is 12.9. The molecule has 116 valence electrons. The smallest absolute Gasteiger partial charge is 0.193 e. The summed E-state index contributed by atoms with van der Waals surface area (Å²) in [4.78, 5) is 4.36. The zero-order valence-electron chi connectivity index (χ0n) is 13.6. The van der Waals surface area contributed by atoms with E-state index in [1.54, 1.807) is 0 Å². The molecular formula is C18H23N3O. The first-order valence-electron chi connectivity index (χ1n) is 7.29. The molecule has 0 radical (unpaired) electrons. The third-order valence-corrected chi connectivity index (χ3v) is 3.48. The van der Waals surface area contributed by atoms with Crippen LogP contribution in [0.3, 0.4) is 0 Å². The third-order valence-electron chi connectivity index (χ3n) is 3.48. The van der Waals surface area contributed by atoms with Crippen molar-refractivity contribution in [2.45, 2.75) is 34.2 Å². The van der Waals surface area contributed by atoms with E-state index in [0.717, 1.165) is 22.4 Å². The van der Waals surface area contributed by atoms with Crippen molar-refractivity contribution in [3.05, 3.63) is 58.1 Å². The molecule has 22 heavy (non-hydrogen) atoms. The van der Waals surface area contributed by atoms with E-state index in [1.165, 1.54) is 11.1 Å². The van der Waals surface area contributed by atoms with E-state index in [9.17, 15) is 5.11 Å². The topological polar surface area (TPSA) is 70.6 Å². The van der Waals surface area contributed by atoms with Crippen molar-refractivity contribution in [3.63, 3.8) is 0 Å². The van der Waals surface area contributed by atoms with Gasteiger partial charge >= 0.3 is 0 Å². The number of nitrogens with one attached hydrogen (secondary N) is 1. The third kappa shape index (κ3) is 4.01. The van der Waals surface area contributed by atoms with E-state index in [1.807, 2.05) is 52.0 Å². The normalized spacial score (nSPS) is 11.5. The van der Waals surface area contributed by atoms with Crippen molar-refractivity contribution in [2.24, 2.45) is 10.7 Å². The van der Waals surface area contributed by atoms with Crippen LogP contribution in [0.1, 0.15) is 27.8 Å². The molecule has 4 N–H and O–H groups in total. The first-order valence-corrected chi connectivity index (χ1v) is 7.29. The van der Waals surface area contributed by atoms with Gasteiger partial charge in [0.2, 0.25) is 0 Å². The number of nitrogens with zero attached hydrogens (tertiary/aromatic N) is 1. The minimum Gasteiger partial charge on any atom is -0.507 e. The number of guanidine groups is 1. The molecule has 0 saturated heterocycles. The van der Waals surface area contributed by atoms with Crippen LogP contribution in [0.25, 0.3) is 0 Å². The molecule has 2 aromatic carbocycles. The molecule has 0 spiro atoms. The largest absolute Gasteiger partial charge is 0.507 e. The molecular weight excluding hydrogens is 274 g/mol. The van der Waals surface area contributed by atoms with Crippen molar-refractivity contribution in [2.75, 3.05) is 5.32 Å². The van der Waals surface area contributed by atoms with Gasteiger partial charge in [0.1, 0.15) is 5.75 Å². The molecule has 0 heterocycles. The van der Waals surface area contributed by atoms with Crippen LogP contribution >= 0.6 is 0 Å². The quantitative estimate of drug-likeness (QED) is 0.599. The molecule has 2 rings (SSSR count). The number of rotatable bonds is 3. The Morgan fingerprint density at radius 1 is 1.00 bits per heavy atom. The Labute approximate surface area is 131 Å². The van der Waals surface area contributed by atoms with Gasteiger partial charge in [-0.3, -0.25) is 0 Å². The molecule has 2 aromatic rings. The van der Waals surface area contributed by atoms with Crippen LogP contribution in [0.4, 0.5) is 5.69 Å². The Hall–Kier alpha value is -2.49. The van der Waals surface area contributed by atoms with Gasteiger partial charge in [-0.05, 0) is 67.6 Å². The highest BCUT2D eigenvalue weighted by molar-refractivity contribution is 5.92. The van der Waals surface area contributed by atoms with Gasteiger partial charge in [-0.2, -0.15) is 0 Å². The number of aliphatic imine (C=N–C) groups is 1. The lowest BCUT2D eigenvalue weighted by Gasteiger charge is -2.09. The van der Waals surface area contributed by atoms with Crippen molar-refractivity contribution < 1.29 is 5.11 Å². The summed E-state index contributed by atoms with van der Waals surface area (Å²) in [5.41, 5.74) is 12.0. The molecule has 0 aliphatic heterocycles. The van der Waals surface area contributed by atoms with Crippen LogP contribution in [0.2, 0.25) is 0 Å². The Morgan fingerprint density at radius 3 is 2.09 bits per heavy atom. The Balaban J connectivity index is 2.09. The van der Waals surface area contributed by atoms with Gasteiger partial charge in [0.15, 0.2) is 5.96 Å². The average Bonchev–Trinajstić information content (AvgIpc) is 2.41. The highest BCUT2D eigenvalue weighted by atomic mass is 16.3. The number of phenolic OH excluding ortho intramolecular Hbond substituents is 1. The predicted molar refractivity (Wildman–Crippen MR) is 92.4 cm³/mol. The lowest BCUT2D eigenvalue weighted by atomic mass is 10.1. The van der Waals surface area contributed by atoms with Crippen molar-refractivity contribution in [1.82, 2.24) is 0 Å². The number of benzene rings is 2. The molecule has 0 saturated carbocycles. The molecule has 0 aliphatic rings. The fourth-order valence-corrected chi connectivity index (χ4v) is 2.55. The first kappa shape index (κ1) is 15.9. The molecule has 0 aromatic heterocycles. The summed E-state index contributed by atoms with van der Waals surface area (Å²) in [6.45, 7) is 8.34. The van der Waals surface area contributed by atoms with E-state index in [-0.39, 0.29) is 0 Å². The Bertz CT molecular complexity index is 677. The van der Waals surface area contributed by atoms with Crippen LogP contribution in [0.15, 0.2) is 35.3 Å². The second kappa shape index (κ2) is 6.52. The molecule has 0 aliphatic carbocycles. The second-order valence-corrected chi connectivity index (χ2v) is 5.78. The molecule has 4 heteroatoms. The molecule has 0 bridgehead atoms. The first-order chi connectivity index (χ1) is 10.3. The molecule has 4 nitrogen and oxygen atoms in total. The SMILES string of the molecule is Cc1cc(C)cc(NC(N)=NCc2cc(C)c(O)c(C)c2)c1. The van der Waals surface area contributed by atoms with Gasteiger partial charge in [0, 0.05) is 5.69 Å². The summed E-state index contributed by atoms with van der Waals surface area (Å²) in [7, 11) is 0. The molecule has 0 atom stereocenters. The van der Waals surface area contributed by atoms with Crippen LogP contribution in [-0.4, -0.2) is 11.1 Å².